The van der Waals surface area contributed by atoms with Crippen LogP contribution in [0.3, 0.4) is 0 Å². The van der Waals surface area contributed by atoms with Gasteiger partial charge in [0.15, 0.2) is 0 Å². The minimum atomic E-state index is -0.448. The highest BCUT2D eigenvalue weighted by Crippen LogP contribution is 2.39. The predicted molar refractivity (Wildman–Crippen MR) is 48.2 cm³/mol. The summed E-state index contributed by atoms with van der Waals surface area (Å²) in [5.41, 5.74) is 1.12. The Kier molecular flexibility index (Phi) is 1.96. The van der Waals surface area contributed by atoms with Gasteiger partial charge < -0.3 is 0 Å². The molecule has 76 valence electrons. The normalized spacial score (nSPS) is 37.2. The van der Waals surface area contributed by atoms with Crippen molar-refractivity contribution in [2.75, 3.05) is 0 Å². The minimum absolute atomic E-state index is 0.0438. The van der Waals surface area contributed by atoms with Crippen molar-refractivity contribution in [2.45, 2.75) is 20.3 Å². The topological polar surface area (TPSA) is 57.6 Å². The van der Waals surface area contributed by atoms with Gasteiger partial charge in [0, 0.05) is 0 Å². The quantitative estimate of drug-likeness (QED) is 0.356. The van der Waals surface area contributed by atoms with Crippen LogP contribution in [0, 0.1) is 17.8 Å². The van der Waals surface area contributed by atoms with Crippen LogP contribution in [-0.2, 0) is 9.59 Å². The molecule has 2 rings (SSSR count). The second kappa shape index (κ2) is 2.92. The Morgan fingerprint density at radius 3 is 2.71 bits per heavy atom. The van der Waals surface area contributed by atoms with Crippen molar-refractivity contribution in [2.24, 2.45) is 17.8 Å². The second-order valence-corrected chi connectivity index (χ2v) is 4.20. The second-order valence-electron chi connectivity index (χ2n) is 4.20. The highest BCUT2D eigenvalue weighted by Gasteiger charge is 2.50. The maximum absolute atomic E-state index is 11.5. The van der Waals surface area contributed by atoms with Gasteiger partial charge in [-0.15, -0.1) is 0 Å². The summed E-state index contributed by atoms with van der Waals surface area (Å²) in [6, 6.07) is 0. The Morgan fingerprint density at radius 2 is 2.07 bits per heavy atom. The molecule has 2 amide bonds. The molecule has 14 heavy (non-hydrogen) atoms. The lowest BCUT2D eigenvalue weighted by Crippen LogP contribution is -2.28. The molecular formula is C10H13NO3. The lowest BCUT2D eigenvalue weighted by atomic mass is 9.76. The number of nitrogens with zero attached hydrogens (tertiary/aromatic N) is 1. The van der Waals surface area contributed by atoms with Crippen molar-refractivity contribution < 1.29 is 14.8 Å². The zero-order valence-electron chi connectivity index (χ0n) is 8.23. The minimum Gasteiger partial charge on any atom is -0.278 e. The fraction of sp³-hybridized carbons (Fsp3) is 0.600. The molecule has 0 bridgehead atoms. The van der Waals surface area contributed by atoms with Gasteiger partial charge in [0.1, 0.15) is 0 Å². The van der Waals surface area contributed by atoms with Crippen LogP contribution in [0.4, 0.5) is 0 Å². The van der Waals surface area contributed by atoms with Crippen LogP contribution >= 0.6 is 0 Å². The average molecular weight is 195 g/mol. The van der Waals surface area contributed by atoms with Crippen molar-refractivity contribution in [3.63, 3.8) is 0 Å². The van der Waals surface area contributed by atoms with Gasteiger partial charge in [-0.1, -0.05) is 18.6 Å². The first kappa shape index (κ1) is 9.40. The van der Waals surface area contributed by atoms with Crippen molar-refractivity contribution >= 4 is 11.8 Å². The number of hydroxylamine groups is 2. The molecule has 1 heterocycles. The maximum Gasteiger partial charge on any atom is 0.257 e. The third-order valence-corrected chi connectivity index (χ3v) is 3.11. The van der Waals surface area contributed by atoms with E-state index in [0.29, 0.717) is 6.42 Å². The Bertz CT molecular complexity index is 334. The molecule has 3 atom stereocenters. The van der Waals surface area contributed by atoms with E-state index in [1.807, 2.05) is 19.9 Å². The number of amides is 2. The van der Waals surface area contributed by atoms with Gasteiger partial charge in [0.2, 0.25) is 0 Å². The number of imide groups is 1. The zero-order chi connectivity index (χ0) is 10.5. The van der Waals surface area contributed by atoms with Crippen LogP contribution in [0.15, 0.2) is 11.6 Å². The fourth-order valence-electron chi connectivity index (χ4n) is 2.51. The Morgan fingerprint density at radius 1 is 1.43 bits per heavy atom. The predicted octanol–water partition coefficient (Wildman–Crippen LogP) is 0.963. The third kappa shape index (κ3) is 1.10. The number of carbonyl (C=O) groups is 2. The van der Waals surface area contributed by atoms with Gasteiger partial charge in [0.05, 0.1) is 11.8 Å². The number of allylic oxidation sites excluding steroid dienone is 2. The summed E-state index contributed by atoms with van der Waals surface area (Å²) in [6.45, 7) is 3.86. The van der Waals surface area contributed by atoms with E-state index in [4.69, 9.17) is 0 Å². The standard InChI is InChI=1S/C10H13NO3/c1-5-3-6(2)8-7(4-5)9(12)11(14)10(8)13/h3,6-8,14H,4H2,1-2H3/t6-,7-,8-/m0/s1. The molecule has 4 heteroatoms. The average Bonchev–Trinajstić information content (AvgIpc) is 2.31. The first-order valence-corrected chi connectivity index (χ1v) is 4.76. The molecule has 0 saturated carbocycles. The number of hydrogen-bond acceptors (Lipinski definition) is 3. The molecule has 4 nitrogen and oxygen atoms in total. The molecule has 1 aliphatic heterocycles. The number of hydrogen-bond donors (Lipinski definition) is 1. The van der Waals surface area contributed by atoms with Crippen LogP contribution < -0.4 is 0 Å². The molecule has 1 saturated heterocycles. The van der Waals surface area contributed by atoms with Crippen LogP contribution in [0.25, 0.3) is 0 Å². The summed E-state index contributed by atoms with van der Waals surface area (Å²) < 4.78 is 0. The summed E-state index contributed by atoms with van der Waals surface area (Å²) in [4.78, 5) is 23.0. The van der Waals surface area contributed by atoms with Crippen molar-refractivity contribution in [1.29, 1.82) is 0 Å². The molecule has 1 aliphatic carbocycles. The fourth-order valence-corrected chi connectivity index (χ4v) is 2.51. The van der Waals surface area contributed by atoms with Crippen LogP contribution in [0.1, 0.15) is 20.3 Å². The summed E-state index contributed by atoms with van der Waals surface area (Å²) in [7, 11) is 0. The van der Waals surface area contributed by atoms with Crippen molar-refractivity contribution in [3.8, 4) is 0 Å². The number of rotatable bonds is 0. The molecule has 1 N–H and O–H groups in total. The van der Waals surface area contributed by atoms with E-state index in [9.17, 15) is 14.8 Å². The van der Waals surface area contributed by atoms with Crippen molar-refractivity contribution in [3.05, 3.63) is 11.6 Å². The number of fused-ring (bicyclic) bond motifs is 1. The van der Waals surface area contributed by atoms with E-state index in [2.05, 4.69) is 0 Å². The molecule has 0 aromatic rings. The molecule has 0 aromatic carbocycles. The van der Waals surface area contributed by atoms with Gasteiger partial charge in [-0.2, -0.15) is 5.06 Å². The summed E-state index contributed by atoms with van der Waals surface area (Å²) in [5.74, 6) is -1.54. The molecule has 0 unspecified atom stereocenters. The van der Waals surface area contributed by atoms with Crippen LogP contribution in [-0.4, -0.2) is 22.1 Å². The van der Waals surface area contributed by atoms with Crippen molar-refractivity contribution in [1.82, 2.24) is 5.06 Å². The summed E-state index contributed by atoms with van der Waals surface area (Å²) in [5, 5.41) is 9.50. The molecule has 0 radical (unpaired) electrons. The Hall–Kier alpha value is -1.16. The van der Waals surface area contributed by atoms with Gasteiger partial charge in [-0.05, 0) is 19.3 Å². The SMILES string of the molecule is CC1=C[C@H](C)[C@@H]2C(=O)N(O)C(=O)[C@H]2C1. The Labute approximate surface area is 82.2 Å². The van der Waals surface area contributed by atoms with Crippen LogP contribution in [0.2, 0.25) is 0 Å². The van der Waals surface area contributed by atoms with E-state index < -0.39 is 11.8 Å². The van der Waals surface area contributed by atoms with Crippen LogP contribution in [0.5, 0.6) is 0 Å². The smallest absolute Gasteiger partial charge is 0.257 e. The first-order valence-electron chi connectivity index (χ1n) is 4.76. The van der Waals surface area contributed by atoms with E-state index in [1.165, 1.54) is 0 Å². The lowest BCUT2D eigenvalue weighted by Gasteiger charge is -2.25. The highest BCUT2D eigenvalue weighted by molar-refractivity contribution is 6.04. The van der Waals surface area contributed by atoms with E-state index in [0.717, 1.165) is 5.57 Å². The van der Waals surface area contributed by atoms with E-state index in [1.54, 1.807) is 0 Å². The summed E-state index contributed by atoms with van der Waals surface area (Å²) >= 11 is 0. The summed E-state index contributed by atoms with van der Waals surface area (Å²) in [6.07, 6.45) is 2.60. The molecule has 1 fully saturated rings. The zero-order valence-corrected chi connectivity index (χ0v) is 8.23. The van der Waals surface area contributed by atoms with Gasteiger partial charge in [-0.3, -0.25) is 14.8 Å². The van der Waals surface area contributed by atoms with E-state index >= 15 is 0 Å². The van der Waals surface area contributed by atoms with Gasteiger partial charge in [-0.25, -0.2) is 0 Å². The molecule has 0 aromatic heterocycles. The number of carbonyl (C=O) groups excluding carboxylic acids is 2. The van der Waals surface area contributed by atoms with Gasteiger partial charge >= 0.3 is 0 Å². The molecular weight excluding hydrogens is 182 g/mol. The molecule has 2 aliphatic rings. The molecule has 0 spiro atoms. The monoisotopic (exact) mass is 195 g/mol. The van der Waals surface area contributed by atoms with Gasteiger partial charge in [0.25, 0.3) is 11.8 Å². The lowest BCUT2D eigenvalue weighted by molar-refractivity contribution is -0.173. The first-order chi connectivity index (χ1) is 6.52. The van der Waals surface area contributed by atoms with E-state index in [-0.39, 0.29) is 22.8 Å². The third-order valence-electron chi connectivity index (χ3n) is 3.11. The highest BCUT2D eigenvalue weighted by atomic mass is 16.5. The maximum atomic E-state index is 11.5. The largest absolute Gasteiger partial charge is 0.278 e. The Balaban J connectivity index is 2.37.